The molecule has 0 bridgehead atoms. The van der Waals surface area contributed by atoms with E-state index < -0.39 is 0 Å². The molecule has 102 valence electrons. The van der Waals surface area contributed by atoms with Crippen molar-refractivity contribution in [2.24, 2.45) is 0 Å². The molecule has 3 rings (SSSR count). The zero-order valence-corrected chi connectivity index (χ0v) is 12.3. The lowest BCUT2D eigenvalue weighted by atomic mass is 10.3. The molecule has 5 heteroatoms. The second kappa shape index (κ2) is 5.17. The van der Waals surface area contributed by atoms with Gasteiger partial charge in [-0.1, -0.05) is 12.1 Å². The Hall–Kier alpha value is -2.01. The van der Waals surface area contributed by atoms with Crippen LogP contribution in [0.3, 0.4) is 0 Å². The van der Waals surface area contributed by atoms with Crippen LogP contribution in [0.4, 0.5) is 5.69 Å². The largest absolute Gasteiger partial charge is 0.398 e. The Labute approximate surface area is 122 Å². The van der Waals surface area contributed by atoms with Gasteiger partial charge in [0.1, 0.15) is 0 Å². The second-order valence-electron chi connectivity index (χ2n) is 4.77. The third kappa shape index (κ3) is 2.49. The summed E-state index contributed by atoms with van der Waals surface area (Å²) in [7, 11) is 0. The Morgan fingerprint density at radius 3 is 2.80 bits per heavy atom. The van der Waals surface area contributed by atoms with Crippen molar-refractivity contribution in [3.63, 3.8) is 0 Å². The SMILES string of the molecule is Cc1cc(C)n2cc(CSc3ccccc3N)nc2n1. The van der Waals surface area contributed by atoms with Gasteiger partial charge in [0.05, 0.1) is 5.69 Å². The van der Waals surface area contributed by atoms with E-state index in [-0.39, 0.29) is 0 Å². The number of imidazole rings is 1. The quantitative estimate of drug-likeness (QED) is 0.592. The van der Waals surface area contributed by atoms with Gasteiger partial charge in [-0.15, -0.1) is 11.8 Å². The predicted octanol–water partition coefficient (Wildman–Crippen LogP) is 3.22. The smallest absolute Gasteiger partial charge is 0.234 e. The number of thioether (sulfide) groups is 1. The average molecular weight is 284 g/mol. The van der Waals surface area contributed by atoms with Crippen molar-refractivity contribution in [2.75, 3.05) is 5.73 Å². The van der Waals surface area contributed by atoms with E-state index in [9.17, 15) is 0 Å². The van der Waals surface area contributed by atoms with Gasteiger partial charge in [0, 0.05) is 33.9 Å². The fourth-order valence-corrected chi connectivity index (χ4v) is 3.00. The van der Waals surface area contributed by atoms with Crippen LogP contribution in [0.25, 0.3) is 5.78 Å². The van der Waals surface area contributed by atoms with E-state index in [1.807, 2.05) is 41.8 Å². The number of anilines is 1. The van der Waals surface area contributed by atoms with Gasteiger partial charge < -0.3 is 5.73 Å². The number of hydrogen-bond donors (Lipinski definition) is 1. The first-order valence-electron chi connectivity index (χ1n) is 6.43. The molecule has 3 aromatic rings. The summed E-state index contributed by atoms with van der Waals surface area (Å²) in [5.74, 6) is 1.55. The van der Waals surface area contributed by atoms with Gasteiger partial charge in [-0.05, 0) is 32.0 Å². The van der Waals surface area contributed by atoms with Crippen LogP contribution in [-0.4, -0.2) is 14.4 Å². The fourth-order valence-electron chi connectivity index (χ4n) is 2.15. The topological polar surface area (TPSA) is 56.2 Å². The highest BCUT2D eigenvalue weighted by atomic mass is 32.2. The lowest BCUT2D eigenvalue weighted by Gasteiger charge is -2.02. The summed E-state index contributed by atoms with van der Waals surface area (Å²) in [4.78, 5) is 10.1. The summed E-state index contributed by atoms with van der Waals surface area (Å²) >= 11 is 1.70. The first kappa shape index (κ1) is 13.0. The van der Waals surface area contributed by atoms with Crippen LogP contribution in [-0.2, 0) is 5.75 Å². The molecule has 4 nitrogen and oxygen atoms in total. The fraction of sp³-hybridized carbons (Fsp3) is 0.200. The molecular weight excluding hydrogens is 268 g/mol. The maximum Gasteiger partial charge on any atom is 0.234 e. The number of nitrogen functional groups attached to an aromatic ring is 1. The number of nitrogens with zero attached hydrogens (tertiary/aromatic N) is 3. The van der Waals surface area contributed by atoms with Gasteiger partial charge >= 0.3 is 0 Å². The molecular formula is C15H16N4S. The highest BCUT2D eigenvalue weighted by Crippen LogP contribution is 2.27. The summed E-state index contributed by atoms with van der Waals surface area (Å²) in [6, 6.07) is 9.95. The van der Waals surface area contributed by atoms with Gasteiger partial charge in [0.25, 0.3) is 0 Å². The van der Waals surface area contributed by atoms with E-state index in [1.54, 1.807) is 11.8 Å². The average Bonchev–Trinajstić information content (AvgIpc) is 2.81. The molecule has 0 aliphatic rings. The van der Waals surface area contributed by atoms with Crippen molar-refractivity contribution in [2.45, 2.75) is 24.5 Å². The Balaban J connectivity index is 1.85. The second-order valence-corrected chi connectivity index (χ2v) is 5.78. The molecule has 0 saturated carbocycles. The minimum atomic E-state index is 0.763. The summed E-state index contributed by atoms with van der Waals surface area (Å²) in [5, 5.41) is 0. The Morgan fingerprint density at radius 2 is 2.00 bits per heavy atom. The molecule has 0 spiro atoms. The van der Waals surface area contributed by atoms with E-state index in [2.05, 4.69) is 23.0 Å². The number of nitrogens with two attached hydrogens (primary N) is 1. The number of fused-ring (bicyclic) bond motifs is 1. The number of rotatable bonds is 3. The number of aromatic nitrogens is 3. The predicted molar refractivity (Wildman–Crippen MR) is 82.9 cm³/mol. The van der Waals surface area contributed by atoms with E-state index in [1.165, 1.54) is 0 Å². The van der Waals surface area contributed by atoms with Crippen LogP contribution >= 0.6 is 11.8 Å². The van der Waals surface area contributed by atoms with E-state index in [0.717, 1.165) is 39.2 Å². The molecule has 2 N–H and O–H groups in total. The first-order valence-corrected chi connectivity index (χ1v) is 7.41. The monoisotopic (exact) mass is 284 g/mol. The van der Waals surface area contributed by atoms with Crippen molar-refractivity contribution < 1.29 is 0 Å². The Bertz CT molecular complexity index is 764. The minimum absolute atomic E-state index is 0.763. The van der Waals surface area contributed by atoms with Crippen molar-refractivity contribution in [3.8, 4) is 0 Å². The number of hydrogen-bond acceptors (Lipinski definition) is 4. The summed E-state index contributed by atoms with van der Waals surface area (Å²) < 4.78 is 2.03. The summed E-state index contributed by atoms with van der Waals surface area (Å²) in [6.07, 6.45) is 2.04. The van der Waals surface area contributed by atoms with Gasteiger partial charge in [0.15, 0.2) is 0 Å². The molecule has 0 radical (unpaired) electrons. The van der Waals surface area contributed by atoms with E-state index in [0.29, 0.717) is 0 Å². The van der Waals surface area contributed by atoms with Crippen LogP contribution in [0.15, 0.2) is 41.4 Å². The Kier molecular flexibility index (Phi) is 3.36. The third-order valence-electron chi connectivity index (χ3n) is 3.11. The van der Waals surface area contributed by atoms with Gasteiger partial charge in [-0.2, -0.15) is 0 Å². The lowest BCUT2D eigenvalue weighted by molar-refractivity contribution is 1.01. The summed E-state index contributed by atoms with van der Waals surface area (Å²) in [6.45, 7) is 4.05. The van der Waals surface area contributed by atoms with Gasteiger partial charge in [-0.25, -0.2) is 9.97 Å². The van der Waals surface area contributed by atoms with Crippen LogP contribution in [0.5, 0.6) is 0 Å². The Morgan fingerprint density at radius 1 is 1.20 bits per heavy atom. The molecule has 2 aromatic heterocycles. The standard InChI is InChI=1S/C15H16N4S/c1-10-7-11(2)19-8-12(18-15(19)17-10)9-20-14-6-4-3-5-13(14)16/h3-8H,9,16H2,1-2H3. The van der Waals surface area contributed by atoms with Crippen molar-refractivity contribution >= 4 is 23.2 Å². The number of aryl methyl sites for hydroxylation is 2. The lowest BCUT2D eigenvalue weighted by Crippen LogP contribution is -1.94. The van der Waals surface area contributed by atoms with Gasteiger partial charge in [0.2, 0.25) is 5.78 Å². The third-order valence-corrected chi connectivity index (χ3v) is 4.23. The van der Waals surface area contributed by atoms with Crippen molar-refractivity contribution in [3.05, 3.63) is 53.6 Å². The molecule has 0 fully saturated rings. The minimum Gasteiger partial charge on any atom is -0.398 e. The molecule has 0 aliphatic heterocycles. The van der Waals surface area contributed by atoms with Crippen LogP contribution in [0.1, 0.15) is 17.1 Å². The number of para-hydroxylation sites is 1. The van der Waals surface area contributed by atoms with Crippen LogP contribution in [0, 0.1) is 13.8 Å². The molecule has 0 amide bonds. The number of benzene rings is 1. The van der Waals surface area contributed by atoms with E-state index >= 15 is 0 Å². The van der Waals surface area contributed by atoms with Crippen LogP contribution < -0.4 is 5.73 Å². The van der Waals surface area contributed by atoms with Crippen molar-refractivity contribution in [1.29, 1.82) is 0 Å². The molecule has 0 unspecified atom stereocenters. The maximum atomic E-state index is 5.94. The normalized spacial score (nSPS) is 11.1. The van der Waals surface area contributed by atoms with Crippen molar-refractivity contribution in [1.82, 2.24) is 14.4 Å². The molecule has 1 aromatic carbocycles. The zero-order chi connectivity index (χ0) is 14.1. The van der Waals surface area contributed by atoms with Crippen LogP contribution in [0.2, 0.25) is 0 Å². The van der Waals surface area contributed by atoms with Gasteiger partial charge in [-0.3, -0.25) is 4.40 Å². The molecule has 2 heterocycles. The molecule has 0 aliphatic carbocycles. The zero-order valence-electron chi connectivity index (χ0n) is 11.5. The molecule has 0 saturated heterocycles. The molecule has 0 atom stereocenters. The maximum absolute atomic E-state index is 5.94. The van der Waals surface area contributed by atoms with E-state index in [4.69, 9.17) is 5.73 Å². The first-order chi connectivity index (χ1) is 9.63. The highest BCUT2D eigenvalue weighted by molar-refractivity contribution is 7.98. The highest BCUT2D eigenvalue weighted by Gasteiger charge is 2.07. The summed E-state index contributed by atoms with van der Waals surface area (Å²) in [5.41, 5.74) is 9.91. The molecule has 20 heavy (non-hydrogen) atoms.